The Bertz CT molecular complexity index is 1190. The number of rotatable bonds is 3. The lowest BCUT2D eigenvalue weighted by Gasteiger charge is -2.25. The second-order valence-corrected chi connectivity index (χ2v) is 8.60. The number of methoxy groups -OCH3 is 1. The lowest BCUT2D eigenvalue weighted by atomic mass is 9.81. The van der Waals surface area contributed by atoms with Gasteiger partial charge in [0, 0.05) is 0 Å². The van der Waals surface area contributed by atoms with E-state index in [9.17, 15) is 9.59 Å². The van der Waals surface area contributed by atoms with E-state index in [4.69, 9.17) is 0 Å². The van der Waals surface area contributed by atoms with Crippen molar-refractivity contribution in [1.82, 2.24) is 9.55 Å². The normalized spacial score (nSPS) is 14.0. The van der Waals surface area contributed by atoms with Gasteiger partial charge in [-0.3, -0.25) is 10.1 Å². The molecule has 0 atom stereocenters. The molecule has 1 aliphatic rings. The van der Waals surface area contributed by atoms with Crippen molar-refractivity contribution in [3.05, 3.63) is 63.7 Å². The summed E-state index contributed by atoms with van der Waals surface area (Å²) in [5, 5.41) is 2.42. The molecule has 0 bridgehead atoms. The van der Waals surface area contributed by atoms with E-state index in [1.165, 1.54) is 11.7 Å². The van der Waals surface area contributed by atoms with E-state index < -0.39 is 17.5 Å². The number of nitrogens with zero attached hydrogens (tertiary/aromatic N) is 2. The number of nitrogens with one attached hydrogen (secondary N) is 1. The highest BCUT2D eigenvalue weighted by atomic mass is 19.1. The van der Waals surface area contributed by atoms with Gasteiger partial charge in [0.2, 0.25) is 5.95 Å². The predicted molar refractivity (Wildman–Crippen MR) is 114 cm³/mol. The van der Waals surface area contributed by atoms with Gasteiger partial charge in [-0.05, 0) is 53.5 Å². The van der Waals surface area contributed by atoms with Crippen LogP contribution in [0.5, 0.6) is 0 Å². The van der Waals surface area contributed by atoms with Crippen LogP contribution in [-0.4, -0.2) is 22.8 Å². The molecule has 30 heavy (non-hydrogen) atoms. The Morgan fingerprint density at radius 1 is 1.23 bits per heavy atom. The van der Waals surface area contributed by atoms with Gasteiger partial charge in [-0.1, -0.05) is 39.0 Å². The van der Waals surface area contributed by atoms with E-state index in [1.807, 2.05) is 20.8 Å². The average molecular weight is 409 g/mol. The fraction of sp³-hybridized carbons (Fsp3) is 0.348. The maximum absolute atomic E-state index is 15.8. The molecule has 0 saturated heterocycles. The number of halogens is 1. The number of amides is 1. The number of aromatic nitrogens is 2. The summed E-state index contributed by atoms with van der Waals surface area (Å²) in [6, 6.07) is 10.5. The standard InChI is InChI=1S/C23H24FN3O3/c1-23(2,3)15-12-16-18(19(24)17(15)13-10-11-13)20(28)27(14-8-6-5-7-9-14)21(25-16)26-22(29)30-4/h5-9,12-13H,10-11H2,1-4H3,(H,25,26,29). The first-order valence-electron chi connectivity index (χ1n) is 9.92. The minimum absolute atomic E-state index is 0.0241. The number of benzene rings is 2. The SMILES string of the molecule is COC(=O)Nc1nc2cc(C(C)(C)C)c(C3CC3)c(F)c2c(=O)n1-c1ccccc1. The molecule has 3 aromatic rings. The van der Waals surface area contributed by atoms with Crippen LogP contribution in [-0.2, 0) is 10.2 Å². The first kappa shape index (κ1) is 20.1. The molecule has 0 aliphatic heterocycles. The van der Waals surface area contributed by atoms with Crippen LogP contribution in [0.2, 0.25) is 0 Å². The summed E-state index contributed by atoms with van der Waals surface area (Å²) < 4.78 is 21.7. The molecule has 0 radical (unpaired) electrons. The molecule has 156 valence electrons. The average Bonchev–Trinajstić information content (AvgIpc) is 3.52. The maximum atomic E-state index is 15.8. The smallest absolute Gasteiger partial charge is 0.413 e. The van der Waals surface area contributed by atoms with Crippen molar-refractivity contribution in [2.24, 2.45) is 0 Å². The van der Waals surface area contributed by atoms with Crippen molar-refractivity contribution in [2.45, 2.75) is 44.9 Å². The maximum Gasteiger partial charge on any atom is 0.413 e. The highest BCUT2D eigenvalue weighted by Gasteiger charge is 2.35. The molecule has 2 aromatic carbocycles. The third-order valence-electron chi connectivity index (χ3n) is 5.35. The predicted octanol–water partition coefficient (Wildman–Crippen LogP) is 4.88. The van der Waals surface area contributed by atoms with Crippen LogP contribution in [0.15, 0.2) is 41.2 Å². The van der Waals surface area contributed by atoms with Crippen molar-refractivity contribution >= 4 is 22.9 Å². The number of hydrogen-bond acceptors (Lipinski definition) is 4. The number of carbonyl (C=O) groups is 1. The van der Waals surface area contributed by atoms with Crippen LogP contribution in [0.25, 0.3) is 16.6 Å². The molecule has 1 fully saturated rings. The quantitative estimate of drug-likeness (QED) is 0.669. The first-order valence-corrected chi connectivity index (χ1v) is 9.92. The molecule has 1 aromatic heterocycles. The zero-order chi connectivity index (χ0) is 21.6. The second kappa shape index (κ2) is 7.23. The molecular formula is C23H24FN3O3. The molecular weight excluding hydrogens is 385 g/mol. The second-order valence-electron chi connectivity index (χ2n) is 8.60. The number of anilines is 1. The Hall–Kier alpha value is -3.22. The van der Waals surface area contributed by atoms with Gasteiger partial charge in [-0.15, -0.1) is 0 Å². The Balaban J connectivity index is 2.09. The lowest BCUT2D eigenvalue weighted by molar-refractivity contribution is 0.186. The third-order valence-corrected chi connectivity index (χ3v) is 5.35. The summed E-state index contributed by atoms with van der Waals surface area (Å²) in [4.78, 5) is 29.8. The monoisotopic (exact) mass is 409 g/mol. The number of fused-ring (bicyclic) bond motifs is 1. The number of ether oxygens (including phenoxy) is 1. The van der Waals surface area contributed by atoms with Gasteiger partial charge < -0.3 is 4.74 Å². The van der Waals surface area contributed by atoms with Crippen molar-refractivity contribution < 1.29 is 13.9 Å². The topological polar surface area (TPSA) is 73.2 Å². The summed E-state index contributed by atoms with van der Waals surface area (Å²) in [5.74, 6) is -0.406. The Labute approximate surface area is 173 Å². The fourth-order valence-corrected chi connectivity index (χ4v) is 3.75. The zero-order valence-corrected chi connectivity index (χ0v) is 17.5. The molecule has 0 spiro atoms. The Kier molecular flexibility index (Phi) is 4.84. The number of para-hydroxylation sites is 1. The van der Waals surface area contributed by atoms with Gasteiger partial charge in [0.1, 0.15) is 11.2 Å². The Morgan fingerprint density at radius 2 is 1.90 bits per heavy atom. The highest BCUT2D eigenvalue weighted by Crippen LogP contribution is 2.47. The van der Waals surface area contributed by atoms with Crippen LogP contribution < -0.4 is 10.9 Å². The molecule has 1 saturated carbocycles. The number of hydrogen-bond donors (Lipinski definition) is 1. The van der Waals surface area contributed by atoms with Crippen molar-refractivity contribution in [3.63, 3.8) is 0 Å². The van der Waals surface area contributed by atoms with Crippen LogP contribution in [0, 0.1) is 5.82 Å². The van der Waals surface area contributed by atoms with E-state index in [0.29, 0.717) is 11.3 Å². The molecule has 4 rings (SSSR count). The highest BCUT2D eigenvalue weighted by molar-refractivity contribution is 5.87. The molecule has 1 aliphatic carbocycles. The summed E-state index contributed by atoms with van der Waals surface area (Å²) in [6.07, 6.45) is 1.05. The lowest BCUT2D eigenvalue weighted by Crippen LogP contribution is -2.27. The minimum Gasteiger partial charge on any atom is -0.453 e. The number of carbonyl (C=O) groups excluding carboxylic acids is 1. The summed E-state index contributed by atoms with van der Waals surface area (Å²) >= 11 is 0. The van der Waals surface area contributed by atoms with Crippen LogP contribution >= 0.6 is 0 Å². The first-order chi connectivity index (χ1) is 14.2. The molecule has 1 heterocycles. The van der Waals surface area contributed by atoms with Crippen LogP contribution in [0.4, 0.5) is 15.1 Å². The molecule has 7 heteroatoms. The zero-order valence-electron chi connectivity index (χ0n) is 17.5. The fourth-order valence-electron chi connectivity index (χ4n) is 3.75. The van der Waals surface area contributed by atoms with Crippen LogP contribution in [0.3, 0.4) is 0 Å². The van der Waals surface area contributed by atoms with E-state index in [2.05, 4.69) is 15.0 Å². The van der Waals surface area contributed by atoms with Crippen molar-refractivity contribution in [2.75, 3.05) is 12.4 Å². The minimum atomic E-state index is -0.767. The summed E-state index contributed by atoms with van der Waals surface area (Å²) in [7, 11) is 1.22. The molecule has 1 N–H and O–H groups in total. The van der Waals surface area contributed by atoms with Crippen molar-refractivity contribution in [1.29, 1.82) is 0 Å². The van der Waals surface area contributed by atoms with E-state index in [-0.39, 0.29) is 28.2 Å². The molecule has 1 amide bonds. The van der Waals surface area contributed by atoms with Gasteiger partial charge >= 0.3 is 6.09 Å². The van der Waals surface area contributed by atoms with E-state index in [1.54, 1.807) is 36.4 Å². The van der Waals surface area contributed by atoms with E-state index in [0.717, 1.165) is 18.4 Å². The molecule has 0 unspecified atom stereocenters. The largest absolute Gasteiger partial charge is 0.453 e. The van der Waals surface area contributed by atoms with Gasteiger partial charge in [-0.2, -0.15) is 0 Å². The van der Waals surface area contributed by atoms with Crippen molar-refractivity contribution in [3.8, 4) is 5.69 Å². The Morgan fingerprint density at radius 3 is 2.47 bits per heavy atom. The van der Waals surface area contributed by atoms with Gasteiger partial charge in [0.25, 0.3) is 5.56 Å². The van der Waals surface area contributed by atoms with Gasteiger partial charge in [0.05, 0.1) is 18.3 Å². The third kappa shape index (κ3) is 3.44. The van der Waals surface area contributed by atoms with Gasteiger partial charge in [-0.25, -0.2) is 18.7 Å². The molecule has 6 nitrogen and oxygen atoms in total. The summed E-state index contributed by atoms with van der Waals surface area (Å²) in [5.41, 5.74) is 1.24. The summed E-state index contributed by atoms with van der Waals surface area (Å²) in [6.45, 7) is 6.04. The van der Waals surface area contributed by atoms with Crippen LogP contribution in [0.1, 0.15) is 50.7 Å². The van der Waals surface area contributed by atoms with E-state index >= 15 is 4.39 Å². The van der Waals surface area contributed by atoms with Gasteiger partial charge in [0.15, 0.2) is 0 Å².